The lowest BCUT2D eigenvalue weighted by Gasteiger charge is -2.36. The Balaban J connectivity index is 0.688. The van der Waals surface area contributed by atoms with Gasteiger partial charge in [-0.15, -0.1) is 11.3 Å². The molecule has 7 aromatic rings. The van der Waals surface area contributed by atoms with Crippen LogP contribution < -0.4 is 26.2 Å². The van der Waals surface area contributed by atoms with Crippen molar-refractivity contribution in [3.63, 3.8) is 0 Å². The number of piperazine rings is 1. The van der Waals surface area contributed by atoms with E-state index in [1.807, 2.05) is 81.1 Å². The minimum Gasteiger partial charge on any atom is -0.391 e. The van der Waals surface area contributed by atoms with Crippen LogP contribution in [0.5, 0.6) is 0 Å². The molecular weight excluding hydrogens is 1080 g/mol. The summed E-state index contributed by atoms with van der Waals surface area (Å²) >= 11 is 1.56. The molecule has 5 heterocycles. The van der Waals surface area contributed by atoms with Crippen LogP contribution in [-0.2, 0) is 43.2 Å². The highest BCUT2D eigenvalue weighted by Gasteiger charge is 2.44. The highest BCUT2D eigenvalue weighted by Crippen LogP contribution is 2.34. The summed E-state index contributed by atoms with van der Waals surface area (Å²) in [6.45, 7) is 11.0. The monoisotopic (exact) mass is 1140 g/mol. The third-order valence-electron chi connectivity index (χ3n) is 14.8. The maximum absolute atomic E-state index is 14.1. The van der Waals surface area contributed by atoms with Gasteiger partial charge in [0.05, 0.1) is 39.5 Å². The van der Waals surface area contributed by atoms with Crippen molar-refractivity contribution in [3.8, 4) is 21.6 Å². The number of aromatic amines is 1. The van der Waals surface area contributed by atoms with Gasteiger partial charge >= 0.3 is 6.18 Å². The Morgan fingerprint density at radius 1 is 0.829 bits per heavy atom. The highest BCUT2D eigenvalue weighted by atomic mass is 32.1. The lowest BCUT2D eigenvalue weighted by atomic mass is 9.85. The van der Waals surface area contributed by atoms with E-state index >= 15 is 0 Å². The van der Waals surface area contributed by atoms with E-state index < -0.39 is 47.2 Å². The number of hydrogen-bond donors (Lipinski definition) is 6. The van der Waals surface area contributed by atoms with Crippen LogP contribution >= 0.6 is 11.3 Å². The number of unbranched alkanes of at least 4 members (excludes halogenated alkanes) is 1. The normalized spacial score (nSPS) is 16.0. The molecular formula is C59H65F3N12O7S. The van der Waals surface area contributed by atoms with Crippen LogP contribution in [0.1, 0.15) is 85.6 Å². The molecule has 2 aliphatic heterocycles. The van der Waals surface area contributed by atoms with Crippen molar-refractivity contribution in [3.05, 3.63) is 131 Å². The number of halogens is 3. The fourth-order valence-electron chi connectivity index (χ4n) is 10.2. The molecule has 3 atom stereocenters. The maximum Gasteiger partial charge on any atom is 0.416 e. The second kappa shape index (κ2) is 24.7. The molecule has 0 saturated carbocycles. The second-order valence-corrected chi connectivity index (χ2v) is 22.7. The number of aryl methyl sites for hydroxylation is 2. The van der Waals surface area contributed by atoms with Gasteiger partial charge in [0, 0.05) is 92.6 Å². The number of carbonyl (C=O) groups is 6. The average Bonchev–Trinajstić information content (AvgIpc) is 4.46. The molecule has 0 aliphatic carbocycles. The molecule has 0 bridgehead atoms. The number of aliphatic hydroxyl groups is 1. The van der Waals surface area contributed by atoms with Crippen LogP contribution in [0.2, 0.25) is 0 Å². The summed E-state index contributed by atoms with van der Waals surface area (Å²) in [5, 5.41) is 34.0. The lowest BCUT2D eigenvalue weighted by molar-refractivity contribution is -0.144. The van der Waals surface area contributed by atoms with Crippen LogP contribution in [0.15, 0.2) is 103 Å². The average molecular weight is 1140 g/mol. The van der Waals surface area contributed by atoms with E-state index in [1.165, 1.54) is 28.6 Å². The number of benzene rings is 4. The van der Waals surface area contributed by atoms with Gasteiger partial charge < -0.3 is 41.1 Å². The van der Waals surface area contributed by atoms with Crippen molar-refractivity contribution in [1.29, 1.82) is 0 Å². The van der Waals surface area contributed by atoms with E-state index in [9.17, 15) is 47.0 Å². The molecule has 9 rings (SSSR count). The molecule has 19 nitrogen and oxygen atoms in total. The number of β-amino-alcohol motifs (C(OH)–C–C–N with tert-alkyl or cyclic N) is 1. The van der Waals surface area contributed by atoms with Crippen molar-refractivity contribution in [2.45, 2.75) is 104 Å². The van der Waals surface area contributed by atoms with Crippen molar-refractivity contribution < 1.29 is 47.0 Å². The Labute approximate surface area is 475 Å². The molecule has 3 aromatic heterocycles. The number of rotatable bonds is 18. The van der Waals surface area contributed by atoms with Gasteiger partial charge in [0.1, 0.15) is 18.6 Å². The molecule has 6 N–H and O–H groups in total. The van der Waals surface area contributed by atoms with Gasteiger partial charge in [0.2, 0.25) is 29.5 Å². The number of likely N-dealkylation sites (tertiary alicyclic amines) is 1. The topological polar surface area (TPSA) is 240 Å². The number of aromatic nitrogens is 5. The summed E-state index contributed by atoms with van der Waals surface area (Å²) in [6, 6.07) is 22.2. The van der Waals surface area contributed by atoms with Gasteiger partial charge in [-0.2, -0.15) is 23.4 Å². The molecule has 0 spiro atoms. The first-order valence-electron chi connectivity index (χ1n) is 27.1. The molecule has 2 aliphatic rings. The fourth-order valence-corrected chi connectivity index (χ4v) is 11.0. The number of amides is 6. The molecule has 430 valence electrons. The number of H-pyrrole nitrogens is 1. The maximum atomic E-state index is 14.1. The Kier molecular flexibility index (Phi) is 17.6. The summed E-state index contributed by atoms with van der Waals surface area (Å²) in [6.07, 6.45) is -0.893. The number of anilines is 3. The van der Waals surface area contributed by atoms with Crippen molar-refractivity contribution in [1.82, 2.24) is 45.4 Å². The van der Waals surface area contributed by atoms with Crippen LogP contribution in [0.25, 0.3) is 32.5 Å². The lowest BCUT2D eigenvalue weighted by Crippen LogP contribution is -2.57. The van der Waals surface area contributed by atoms with E-state index in [-0.39, 0.29) is 73.8 Å². The number of nitrogens with one attached hydrogen (secondary N) is 5. The number of fused-ring (bicyclic) bond motifs is 1. The number of nitrogens with zero attached hydrogens (tertiary/aromatic N) is 7. The number of alkyl halides is 3. The summed E-state index contributed by atoms with van der Waals surface area (Å²) < 4.78 is 41.5. The van der Waals surface area contributed by atoms with Crippen LogP contribution in [0.4, 0.5) is 30.4 Å². The predicted molar refractivity (Wildman–Crippen MR) is 305 cm³/mol. The first-order chi connectivity index (χ1) is 39.1. The van der Waals surface area contributed by atoms with Crippen LogP contribution in [0.3, 0.4) is 0 Å². The molecule has 6 amide bonds. The van der Waals surface area contributed by atoms with Crippen LogP contribution in [-0.4, -0.2) is 126 Å². The van der Waals surface area contributed by atoms with Gasteiger partial charge in [-0.05, 0) is 103 Å². The zero-order chi connectivity index (χ0) is 58.5. The standard InChI is InChI=1S/C59H65F3N12O7S/c1-35-10-18-42(27-46(35)59(60,61)62)66-50(77)33-73-31-41(30-65-73)40-17-21-45-47(26-40)69-70-54(45)68-55(79)39-15-19-43(20-16-39)71-22-24-72(25-23-71)51(78)9-7-6-8-49(76)67-53(58(3,4)5)57(81)74-32-44(75)28-48(74)56(80)63-29-37-11-13-38(14-12-37)52-36(2)64-34-82-52/h10-21,26-27,30-31,34,44,48,53,75H,6-9,22-25,28-29,32-33H2,1-5H3,(H,63,80)(H,66,77)(H,67,76)(H2,68,69,70,79). The number of carbonyl (C=O) groups excluding carboxylic acids is 6. The number of thiazole rings is 1. The summed E-state index contributed by atoms with van der Waals surface area (Å²) in [7, 11) is 0. The number of aliphatic hydroxyl groups excluding tert-OH is 1. The second-order valence-electron chi connectivity index (χ2n) is 21.9. The van der Waals surface area contributed by atoms with Crippen LogP contribution in [0, 0.1) is 19.3 Å². The van der Waals surface area contributed by atoms with Gasteiger partial charge in [0.25, 0.3) is 5.91 Å². The number of hydrogen-bond acceptors (Lipinski definition) is 12. The van der Waals surface area contributed by atoms with Crippen molar-refractivity contribution >= 4 is 74.9 Å². The SMILES string of the molecule is Cc1ccc(NC(=O)Cn2cc(-c3ccc4c(NC(=O)c5ccc(N6CCN(C(=O)CCCCC(=O)NC(C(=O)N7CC(O)CC7C(=O)NCc7ccc(-c8scnc8C)cc7)C(C)(C)C)CC6)cc5)n[nH]c4c3)cn2)cc1C(F)(F)F. The largest absolute Gasteiger partial charge is 0.416 e. The Morgan fingerprint density at radius 2 is 1.55 bits per heavy atom. The smallest absolute Gasteiger partial charge is 0.391 e. The quantitative estimate of drug-likeness (QED) is 0.0449. The van der Waals surface area contributed by atoms with Gasteiger partial charge in [-0.3, -0.25) is 38.5 Å². The fraction of sp³-hybridized carbons (Fsp3) is 0.373. The van der Waals surface area contributed by atoms with Crippen molar-refractivity contribution in [2.24, 2.45) is 5.41 Å². The molecule has 23 heteroatoms. The van der Waals surface area contributed by atoms with E-state index in [4.69, 9.17) is 0 Å². The summed E-state index contributed by atoms with van der Waals surface area (Å²) in [5.41, 5.74) is 6.57. The Bertz CT molecular complexity index is 3470. The Morgan fingerprint density at radius 3 is 2.24 bits per heavy atom. The zero-order valence-electron chi connectivity index (χ0n) is 46.1. The van der Waals surface area contributed by atoms with Crippen molar-refractivity contribution in [2.75, 3.05) is 48.3 Å². The third kappa shape index (κ3) is 14.0. The van der Waals surface area contributed by atoms with Gasteiger partial charge in [-0.1, -0.05) is 57.2 Å². The molecule has 82 heavy (non-hydrogen) atoms. The molecule has 2 saturated heterocycles. The zero-order valence-corrected chi connectivity index (χ0v) is 46.9. The molecule has 0 radical (unpaired) electrons. The highest BCUT2D eigenvalue weighted by molar-refractivity contribution is 7.13. The van der Waals surface area contributed by atoms with E-state index in [1.54, 1.807) is 47.4 Å². The predicted octanol–water partition coefficient (Wildman–Crippen LogP) is 8.09. The minimum atomic E-state index is -4.55. The summed E-state index contributed by atoms with van der Waals surface area (Å²) in [5.74, 6) is -1.77. The molecule has 3 unspecified atom stereocenters. The first-order valence-corrected chi connectivity index (χ1v) is 27.9. The third-order valence-corrected chi connectivity index (χ3v) is 15.8. The van der Waals surface area contributed by atoms with Gasteiger partial charge in [-0.25, -0.2) is 4.98 Å². The minimum absolute atomic E-state index is 0.0123. The first kappa shape index (κ1) is 58.2. The van der Waals surface area contributed by atoms with E-state index in [0.717, 1.165) is 39.0 Å². The molecule has 2 fully saturated rings. The van der Waals surface area contributed by atoms with Gasteiger partial charge in [0.15, 0.2) is 5.82 Å². The summed E-state index contributed by atoms with van der Waals surface area (Å²) in [4.78, 5) is 91.1. The van der Waals surface area contributed by atoms with E-state index in [2.05, 4.69) is 46.4 Å². The molecule has 4 aromatic carbocycles. The van der Waals surface area contributed by atoms with E-state index in [0.29, 0.717) is 66.9 Å². The Hall–Kier alpha value is -8.44.